The number of aryl methyl sites for hydroxylation is 1. The molecule has 2 N–H and O–H groups in total. The molecule has 2 rings (SSSR count). The van der Waals surface area contributed by atoms with Crippen LogP contribution >= 0.6 is 0 Å². The van der Waals surface area contributed by atoms with Crippen molar-refractivity contribution < 1.29 is 4.79 Å². The standard InChI is InChI=1S/C15H18N6O/c1-10(2)13(14-17-6-7-21(14)3)20-15(22)19-12-5-4-11(8-16)18-9-12/h4-7,9-10,13H,1-3H3,(H2,19,20,22)/t13-/m1/s1. The number of aromatic nitrogens is 3. The van der Waals surface area contributed by atoms with Crippen LogP contribution in [0.4, 0.5) is 10.5 Å². The molecule has 2 heterocycles. The summed E-state index contributed by atoms with van der Waals surface area (Å²) in [4.78, 5) is 20.3. The predicted octanol–water partition coefficient (Wildman–Crippen LogP) is 2.21. The first-order valence-corrected chi connectivity index (χ1v) is 6.92. The molecule has 1 atom stereocenters. The Morgan fingerprint density at radius 3 is 2.64 bits per heavy atom. The highest BCUT2D eigenvalue weighted by Gasteiger charge is 2.21. The first-order valence-electron chi connectivity index (χ1n) is 6.92. The molecule has 0 aliphatic rings. The maximum Gasteiger partial charge on any atom is 0.319 e. The molecule has 7 nitrogen and oxygen atoms in total. The second-order valence-corrected chi connectivity index (χ2v) is 5.26. The van der Waals surface area contributed by atoms with E-state index in [2.05, 4.69) is 20.6 Å². The number of urea groups is 1. The van der Waals surface area contributed by atoms with E-state index < -0.39 is 0 Å². The van der Waals surface area contributed by atoms with Crippen LogP contribution in [0, 0.1) is 17.2 Å². The molecular formula is C15H18N6O. The highest BCUT2D eigenvalue weighted by molar-refractivity contribution is 5.89. The summed E-state index contributed by atoms with van der Waals surface area (Å²) in [6, 6.07) is 4.57. The molecule has 7 heteroatoms. The van der Waals surface area contributed by atoms with Gasteiger partial charge in [0.25, 0.3) is 0 Å². The van der Waals surface area contributed by atoms with E-state index in [9.17, 15) is 4.79 Å². The highest BCUT2D eigenvalue weighted by Crippen LogP contribution is 2.19. The van der Waals surface area contributed by atoms with Crippen molar-refractivity contribution in [2.24, 2.45) is 13.0 Å². The molecule has 2 amide bonds. The van der Waals surface area contributed by atoms with Crippen molar-refractivity contribution in [1.29, 1.82) is 5.26 Å². The molecule has 0 aromatic carbocycles. The summed E-state index contributed by atoms with van der Waals surface area (Å²) in [5.74, 6) is 0.981. The van der Waals surface area contributed by atoms with Crippen LogP contribution in [0.3, 0.4) is 0 Å². The largest absolute Gasteiger partial charge is 0.336 e. The Morgan fingerprint density at radius 1 is 1.36 bits per heavy atom. The molecular weight excluding hydrogens is 280 g/mol. The van der Waals surface area contributed by atoms with Gasteiger partial charge in [-0.3, -0.25) is 0 Å². The molecule has 0 spiro atoms. The van der Waals surface area contributed by atoms with Gasteiger partial charge >= 0.3 is 6.03 Å². The van der Waals surface area contributed by atoms with Gasteiger partial charge in [-0.05, 0) is 18.1 Å². The van der Waals surface area contributed by atoms with Crippen molar-refractivity contribution in [3.63, 3.8) is 0 Å². The van der Waals surface area contributed by atoms with Crippen molar-refractivity contribution in [3.05, 3.63) is 42.2 Å². The van der Waals surface area contributed by atoms with Gasteiger partial charge in [0.15, 0.2) is 0 Å². The van der Waals surface area contributed by atoms with E-state index in [1.54, 1.807) is 18.3 Å². The van der Waals surface area contributed by atoms with E-state index in [0.717, 1.165) is 5.82 Å². The van der Waals surface area contributed by atoms with E-state index in [-0.39, 0.29) is 18.0 Å². The number of carbonyl (C=O) groups excluding carboxylic acids is 1. The van der Waals surface area contributed by atoms with Gasteiger partial charge in [0.2, 0.25) is 0 Å². The van der Waals surface area contributed by atoms with Crippen molar-refractivity contribution in [2.45, 2.75) is 19.9 Å². The molecule has 0 saturated heterocycles. The number of nitrogens with one attached hydrogen (secondary N) is 2. The molecule has 2 aromatic heterocycles. The van der Waals surface area contributed by atoms with Gasteiger partial charge in [0.05, 0.1) is 17.9 Å². The van der Waals surface area contributed by atoms with Gasteiger partial charge in [-0.1, -0.05) is 13.8 Å². The Hall–Kier alpha value is -2.88. The lowest BCUT2D eigenvalue weighted by Crippen LogP contribution is -2.36. The Bertz CT molecular complexity index is 683. The first-order chi connectivity index (χ1) is 10.5. The topological polar surface area (TPSA) is 95.6 Å². The zero-order chi connectivity index (χ0) is 16.1. The number of rotatable bonds is 4. The van der Waals surface area contributed by atoms with Crippen molar-refractivity contribution in [2.75, 3.05) is 5.32 Å². The second kappa shape index (κ2) is 6.72. The van der Waals surface area contributed by atoms with Crippen LogP contribution in [0.5, 0.6) is 0 Å². The van der Waals surface area contributed by atoms with Gasteiger partial charge in [0.1, 0.15) is 17.6 Å². The molecule has 114 valence electrons. The molecule has 2 aromatic rings. The van der Waals surface area contributed by atoms with Gasteiger partial charge in [0, 0.05) is 19.4 Å². The fourth-order valence-corrected chi connectivity index (χ4v) is 2.05. The SMILES string of the molecule is CC(C)[C@@H](NC(=O)Nc1ccc(C#N)nc1)c1nccn1C. The summed E-state index contributed by atoms with van der Waals surface area (Å²) >= 11 is 0. The number of amides is 2. The smallest absolute Gasteiger partial charge is 0.319 e. The number of hydrogen-bond donors (Lipinski definition) is 2. The van der Waals surface area contributed by atoms with Crippen molar-refractivity contribution in [3.8, 4) is 6.07 Å². The Labute approximate surface area is 129 Å². The van der Waals surface area contributed by atoms with Crippen LogP contribution in [0.1, 0.15) is 31.4 Å². The third-order valence-electron chi connectivity index (χ3n) is 3.23. The van der Waals surface area contributed by atoms with Crippen molar-refractivity contribution >= 4 is 11.7 Å². The van der Waals surface area contributed by atoms with E-state index in [0.29, 0.717) is 11.4 Å². The van der Waals surface area contributed by atoms with Crippen LogP contribution in [-0.2, 0) is 7.05 Å². The van der Waals surface area contributed by atoms with E-state index >= 15 is 0 Å². The fourth-order valence-electron chi connectivity index (χ4n) is 2.05. The average Bonchev–Trinajstić information content (AvgIpc) is 2.91. The summed E-state index contributed by atoms with van der Waals surface area (Å²) in [5.41, 5.74) is 0.831. The summed E-state index contributed by atoms with van der Waals surface area (Å²) in [7, 11) is 1.89. The minimum Gasteiger partial charge on any atom is -0.336 e. The zero-order valence-electron chi connectivity index (χ0n) is 12.7. The molecule has 0 bridgehead atoms. The van der Waals surface area contributed by atoms with Gasteiger partial charge in [-0.2, -0.15) is 5.26 Å². The Kier molecular flexibility index (Phi) is 4.73. The number of pyridine rings is 1. The molecule has 0 saturated carbocycles. The lowest BCUT2D eigenvalue weighted by Gasteiger charge is -2.22. The molecule has 0 fully saturated rings. The van der Waals surface area contributed by atoms with Crippen LogP contribution in [0.15, 0.2) is 30.7 Å². The lowest BCUT2D eigenvalue weighted by molar-refractivity contribution is 0.243. The van der Waals surface area contributed by atoms with Gasteiger partial charge in [-0.25, -0.2) is 14.8 Å². The predicted molar refractivity (Wildman–Crippen MR) is 81.9 cm³/mol. The molecule has 0 radical (unpaired) electrons. The van der Waals surface area contributed by atoms with E-state index in [1.807, 2.05) is 37.7 Å². The van der Waals surface area contributed by atoms with Gasteiger partial charge in [-0.15, -0.1) is 0 Å². The number of imidazole rings is 1. The highest BCUT2D eigenvalue weighted by atomic mass is 16.2. The number of nitriles is 1. The minimum atomic E-state index is -0.340. The Balaban J connectivity index is 2.05. The quantitative estimate of drug-likeness (QED) is 0.904. The summed E-state index contributed by atoms with van der Waals surface area (Å²) < 4.78 is 1.88. The van der Waals surface area contributed by atoms with Gasteiger partial charge < -0.3 is 15.2 Å². The lowest BCUT2D eigenvalue weighted by atomic mass is 10.0. The van der Waals surface area contributed by atoms with Crippen LogP contribution in [0.25, 0.3) is 0 Å². The fraction of sp³-hybridized carbons (Fsp3) is 0.333. The average molecular weight is 298 g/mol. The third kappa shape index (κ3) is 3.61. The molecule has 0 aliphatic heterocycles. The summed E-state index contributed by atoms with van der Waals surface area (Å²) in [6.45, 7) is 4.03. The molecule has 0 unspecified atom stereocenters. The zero-order valence-corrected chi connectivity index (χ0v) is 12.7. The maximum absolute atomic E-state index is 12.1. The summed E-state index contributed by atoms with van der Waals surface area (Å²) in [6.07, 6.45) is 4.99. The van der Waals surface area contributed by atoms with Crippen molar-refractivity contribution in [1.82, 2.24) is 19.9 Å². The van der Waals surface area contributed by atoms with Crippen LogP contribution in [-0.4, -0.2) is 20.6 Å². The first kappa shape index (κ1) is 15.5. The molecule has 22 heavy (non-hydrogen) atoms. The number of anilines is 1. The minimum absolute atomic E-state index is 0.186. The number of carbonyl (C=O) groups is 1. The van der Waals surface area contributed by atoms with E-state index in [1.165, 1.54) is 6.20 Å². The second-order valence-electron chi connectivity index (χ2n) is 5.26. The van der Waals surface area contributed by atoms with Crippen LogP contribution in [0.2, 0.25) is 0 Å². The summed E-state index contributed by atoms with van der Waals surface area (Å²) in [5, 5.41) is 14.3. The normalized spacial score (nSPS) is 11.8. The monoisotopic (exact) mass is 298 g/mol. The van der Waals surface area contributed by atoms with Crippen LogP contribution < -0.4 is 10.6 Å². The number of nitrogens with zero attached hydrogens (tertiary/aromatic N) is 4. The number of hydrogen-bond acceptors (Lipinski definition) is 4. The maximum atomic E-state index is 12.1. The Morgan fingerprint density at radius 2 is 2.14 bits per heavy atom. The third-order valence-corrected chi connectivity index (χ3v) is 3.23. The molecule has 0 aliphatic carbocycles. The van der Waals surface area contributed by atoms with E-state index in [4.69, 9.17) is 5.26 Å².